The van der Waals surface area contributed by atoms with Gasteiger partial charge >= 0.3 is 12.0 Å². The van der Waals surface area contributed by atoms with Crippen LogP contribution in [0.3, 0.4) is 0 Å². The van der Waals surface area contributed by atoms with E-state index in [0.29, 0.717) is 39.6 Å². The Morgan fingerprint density at radius 3 is 2.29 bits per heavy atom. The molecule has 0 saturated carbocycles. The summed E-state index contributed by atoms with van der Waals surface area (Å²) in [6.45, 7) is 5.22. The summed E-state index contributed by atoms with van der Waals surface area (Å²) in [5.41, 5.74) is 2.30. The molecule has 0 aromatic heterocycles. The molecule has 2 aromatic carbocycles. The van der Waals surface area contributed by atoms with Gasteiger partial charge in [0.05, 0.1) is 31.9 Å². The van der Waals surface area contributed by atoms with Gasteiger partial charge in [-0.3, -0.25) is 4.79 Å². The normalized spacial score (nSPS) is 15.7. The summed E-state index contributed by atoms with van der Waals surface area (Å²) in [5.74, 6) is 0.0950. The van der Waals surface area contributed by atoms with Gasteiger partial charge in [0.1, 0.15) is 11.5 Å². The van der Waals surface area contributed by atoms with Crippen molar-refractivity contribution in [1.29, 1.82) is 0 Å². The van der Waals surface area contributed by atoms with E-state index in [2.05, 4.69) is 10.6 Å². The van der Waals surface area contributed by atoms with Crippen LogP contribution in [-0.4, -0.2) is 50.2 Å². The van der Waals surface area contributed by atoms with Crippen LogP contribution in [0.15, 0.2) is 53.7 Å². The Bertz CT molecular complexity index is 1120. The van der Waals surface area contributed by atoms with E-state index in [9.17, 15) is 14.4 Å². The molecule has 2 aromatic rings. The molecule has 34 heavy (non-hydrogen) atoms. The number of hydrogen-bond acceptors (Lipinski definition) is 6. The number of anilines is 1. The van der Waals surface area contributed by atoms with Gasteiger partial charge < -0.3 is 29.7 Å². The molecule has 0 radical (unpaired) electrons. The second-order valence-corrected chi connectivity index (χ2v) is 8.08. The average molecular weight is 468 g/mol. The van der Waals surface area contributed by atoms with Crippen molar-refractivity contribution < 1.29 is 28.6 Å². The smallest absolute Gasteiger partial charge is 0.338 e. The monoisotopic (exact) mass is 467 g/mol. The first kappa shape index (κ1) is 24.6. The summed E-state index contributed by atoms with van der Waals surface area (Å²) < 4.78 is 15.9. The zero-order chi connectivity index (χ0) is 25.0. The number of rotatable bonds is 7. The van der Waals surface area contributed by atoms with Crippen molar-refractivity contribution in [1.82, 2.24) is 10.2 Å². The lowest BCUT2D eigenvalue weighted by Gasteiger charge is -2.33. The van der Waals surface area contributed by atoms with Gasteiger partial charge in [-0.1, -0.05) is 12.1 Å². The number of benzene rings is 2. The fourth-order valence-electron chi connectivity index (χ4n) is 3.57. The number of esters is 1. The molecule has 0 bridgehead atoms. The zero-order valence-corrected chi connectivity index (χ0v) is 20.1. The Morgan fingerprint density at radius 2 is 1.71 bits per heavy atom. The standard InChI is InChI=1S/C25H29N3O6/c1-14(2)34-24(30)21-15(3)28(4)25(31)27-22(21)16-8-7-9-18(10-16)26-23(29)17-11-19(32-5)13-20(12-17)33-6/h7-14,22H,1-6H3,(H,26,29)(H,27,31)/t22-/m0/s1. The van der Waals surface area contributed by atoms with Crippen LogP contribution in [0.5, 0.6) is 11.5 Å². The minimum absolute atomic E-state index is 0.318. The molecular formula is C25H29N3O6. The van der Waals surface area contributed by atoms with Crippen LogP contribution < -0.4 is 20.1 Å². The third kappa shape index (κ3) is 5.31. The Labute approximate surface area is 198 Å². The molecule has 1 aliphatic heterocycles. The minimum atomic E-state index is -0.733. The quantitative estimate of drug-likeness (QED) is 0.599. The zero-order valence-electron chi connectivity index (χ0n) is 20.1. The molecule has 9 nitrogen and oxygen atoms in total. The predicted molar refractivity (Wildman–Crippen MR) is 127 cm³/mol. The first-order chi connectivity index (χ1) is 16.1. The topological polar surface area (TPSA) is 106 Å². The van der Waals surface area contributed by atoms with Crippen LogP contribution in [0.2, 0.25) is 0 Å². The molecule has 0 aliphatic carbocycles. The number of allylic oxidation sites excluding steroid dienone is 1. The van der Waals surface area contributed by atoms with Crippen molar-refractivity contribution in [2.45, 2.75) is 32.9 Å². The van der Waals surface area contributed by atoms with Crippen molar-refractivity contribution >= 4 is 23.6 Å². The Kier molecular flexibility index (Phi) is 7.45. The number of hydrogen-bond donors (Lipinski definition) is 2. The van der Waals surface area contributed by atoms with Crippen molar-refractivity contribution in [3.05, 3.63) is 64.9 Å². The van der Waals surface area contributed by atoms with Crippen LogP contribution >= 0.6 is 0 Å². The summed E-state index contributed by atoms with van der Waals surface area (Å²) >= 11 is 0. The van der Waals surface area contributed by atoms with Gasteiger partial charge in [-0.05, 0) is 50.6 Å². The van der Waals surface area contributed by atoms with E-state index >= 15 is 0 Å². The highest BCUT2D eigenvalue weighted by atomic mass is 16.5. The van der Waals surface area contributed by atoms with Gasteiger partial charge in [-0.15, -0.1) is 0 Å². The van der Waals surface area contributed by atoms with E-state index in [-0.39, 0.29) is 18.0 Å². The van der Waals surface area contributed by atoms with Crippen LogP contribution in [0.4, 0.5) is 10.5 Å². The Morgan fingerprint density at radius 1 is 1.06 bits per heavy atom. The van der Waals surface area contributed by atoms with Gasteiger partial charge in [0.25, 0.3) is 5.91 Å². The minimum Gasteiger partial charge on any atom is -0.497 e. The summed E-state index contributed by atoms with van der Waals surface area (Å²) in [5, 5.41) is 5.68. The summed E-state index contributed by atoms with van der Waals surface area (Å²) in [7, 11) is 4.60. The number of carbonyl (C=O) groups is 3. The lowest BCUT2D eigenvalue weighted by atomic mass is 9.94. The fraction of sp³-hybridized carbons (Fsp3) is 0.320. The second-order valence-electron chi connectivity index (χ2n) is 8.08. The average Bonchev–Trinajstić information content (AvgIpc) is 2.81. The van der Waals surface area contributed by atoms with E-state index in [0.717, 1.165) is 0 Å². The maximum Gasteiger partial charge on any atom is 0.338 e. The van der Waals surface area contributed by atoms with Crippen molar-refractivity contribution in [2.24, 2.45) is 0 Å². The van der Waals surface area contributed by atoms with Gasteiger partial charge in [-0.2, -0.15) is 0 Å². The predicted octanol–water partition coefficient (Wildman–Crippen LogP) is 3.88. The molecule has 0 saturated heterocycles. The van der Waals surface area contributed by atoms with E-state index in [1.807, 2.05) is 0 Å². The van der Waals surface area contributed by atoms with Crippen molar-refractivity contribution in [3.8, 4) is 11.5 Å². The number of methoxy groups -OCH3 is 2. The highest BCUT2D eigenvalue weighted by molar-refractivity contribution is 6.05. The lowest BCUT2D eigenvalue weighted by Crippen LogP contribution is -2.46. The maximum absolute atomic E-state index is 12.9. The highest BCUT2D eigenvalue weighted by Crippen LogP contribution is 2.32. The number of carbonyl (C=O) groups excluding carboxylic acids is 3. The van der Waals surface area contributed by atoms with Crippen molar-refractivity contribution in [3.63, 3.8) is 0 Å². The lowest BCUT2D eigenvalue weighted by molar-refractivity contribution is -0.143. The maximum atomic E-state index is 12.9. The Balaban J connectivity index is 1.93. The summed E-state index contributed by atoms with van der Waals surface area (Å²) in [6, 6.07) is 10.7. The third-order valence-electron chi connectivity index (χ3n) is 5.41. The Hall–Kier alpha value is -4.01. The molecule has 1 aliphatic rings. The van der Waals surface area contributed by atoms with Crippen LogP contribution in [0, 0.1) is 0 Å². The molecular weight excluding hydrogens is 438 g/mol. The van der Waals surface area contributed by atoms with Gasteiger partial charge in [0, 0.05) is 30.1 Å². The largest absolute Gasteiger partial charge is 0.497 e. The summed E-state index contributed by atoms with van der Waals surface area (Å²) in [4.78, 5) is 39.6. The molecule has 0 unspecified atom stereocenters. The fourth-order valence-corrected chi connectivity index (χ4v) is 3.57. The van der Waals surface area contributed by atoms with Gasteiger partial charge in [0.2, 0.25) is 0 Å². The molecule has 3 rings (SSSR count). The summed E-state index contributed by atoms with van der Waals surface area (Å²) in [6.07, 6.45) is -0.318. The third-order valence-corrected chi connectivity index (χ3v) is 5.41. The number of ether oxygens (including phenoxy) is 3. The van der Waals surface area contributed by atoms with Gasteiger partial charge in [0.15, 0.2) is 0 Å². The molecule has 1 atom stereocenters. The molecule has 1 heterocycles. The van der Waals surface area contributed by atoms with Crippen molar-refractivity contribution in [2.75, 3.05) is 26.6 Å². The van der Waals surface area contributed by atoms with Crippen LogP contribution in [0.1, 0.15) is 42.7 Å². The van der Waals surface area contributed by atoms with Crippen LogP contribution in [0.25, 0.3) is 0 Å². The SMILES string of the molecule is COc1cc(OC)cc(C(=O)Nc2cccc([C@@H]3NC(=O)N(C)C(C)=C3C(=O)OC(C)C)c2)c1. The van der Waals surface area contributed by atoms with E-state index in [1.165, 1.54) is 19.1 Å². The second kappa shape index (κ2) is 10.3. The van der Waals surface area contributed by atoms with E-state index in [4.69, 9.17) is 14.2 Å². The molecule has 2 N–H and O–H groups in total. The number of amides is 3. The van der Waals surface area contributed by atoms with Gasteiger partial charge in [-0.25, -0.2) is 9.59 Å². The number of nitrogens with zero attached hydrogens (tertiary/aromatic N) is 1. The molecule has 180 valence electrons. The van der Waals surface area contributed by atoms with Crippen LogP contribution in [-0.2, 0) is 9.53 Å². The molecule has 0 spiro atoms. The number of nitrogens with one attached hydrogen (secondary N) is 2. The molecule has 9 heteroatoms. The first-order valence-electron chi connectivity index (χ1n) is 10.7. The first-order valence-corrected chi connectivity index (χ1v) is 10.7. The molecule has 3 amide bonds. The van der Waals surface area contributed by atoms with E-state index in [1.54, 1.807) is 70.3 Å². The highest BCUT2D eigenvalue weighted by Gasteiger charge is 2.35. The number of urea groups is 1. The molecule has 0 fully saturated rings. The van der Waals surface area contributed by atoms with E-state index < -0.39 is 12.0 Å².